The summed E-state index contributed by atoms with van der Waals surface area (Å²) in [4.78, 5) is 19.0. The Bertz CT molecular complexity index is 505. The lowest BCUT2D eigenvalue weighted by atomic mass is 10.2. The van der Waals surface area contributed by atoms with Crippen molar-refractivity contribution in [1.82, 2.24) is 15.3 Å². The number of nitrogens with zero attached hydrogens (tertiary/aromatic N) is 1. The van der Waals surface area contributed by atoms with E-state index in [1.54, 1.807) is 12.4 Å². The number of benzene rings is 1. The van der Waals surface area contributed by atoms with Crippen molar-refractivity contribution in [3.63, 3.8) is 0 Å². The largest absolute Gasteiger partial charge is 0.388 e. The van der Waals surface area contributed by atoms with Crippen LogP contribution < -0.4 is 10.6 Å². The molecule has 1 heterocycles. The molecule has 0 radical (unpaired) electrons. The average Bonchev–Trinajstić information content (AvgIpc) is 2.96. The van der Waals surface area contributed by atoms with Crippen LogP contribution >= 0.6 is 0 Å². The van der Waals surface area contributed by atoms with E-state index in [1.165, 1.54) is 0 Å². The van der Waals surface area contributed by atoms with Gasteiger partial charge in [0.2, 0.25) is 0 Å². The van der Waals surface area contributed by atoms with E-state index < -0.39 is 0 Å². The summed E-state index contributed by atoms with van der Waals surface area (Å²) >= 11 is 0. The molecule has 0 aliphatic heterocycles. The Morgan fingerprint density at radius 3 is 2.74 bits per heavy atom. The summed E-state index contributed by atoms with van der Waals surface area (Å²) in [7, 11) is 1.85. The number of nitrogens with one attached hydrogen (secondary N) is 3. The van der Waals surface area contributed by atoms with Crippen molar-refractivity contribution < 1.29 is 4.79 Å². The number of imidazole rings is 1. The number of aromatic nitrogens is 2. The van der Waals surface area contributed by atoms with Gasteiger partial charge in [-0.2, -0.15) is 0 Å². The van der Waals surface area contributed by atoms with Crippen molar-refractivity contribution in [3.05, 3.63) is 48.0 Å². The summed E-state index contributed by atoms with van der Waals surface area (Å²) in [5, 5.41) is 5.92. The number of anilines is 1. The van der Waals surface area contributed by atoms with Crippen LogP contribution in [0.3, 0.4) is 0 Å². The molecule has 2 aromatic rings. The lowest BCUT2D eigenvalue weighted by molar-refractivity contribution is 0.0953. The number of carbonyl (C=O) groups is 1. The SMILES string of the molecule is CNc1ccc(C(=O)NCCCc2ncc[nH]2)cc1. The molecule has 1 aromatic heterocycles. The number of carbonyl (C=O) groups excluding carboxylic acids is 1. The van der Waals surface area contributed by atoms with Gasteiger partial charge in [0.25, 0.3) is 5.91 Å². The average molecular weight is 258 g/mol. The van der Waals surface area contributed by atoms with E-state index in [0.29, 0.717) is 12.1 Å². The fourth-order valence-electron chi connectivity index (χ4n) is 1.78. The third kappa shape index (κ3) is 3.84. The molecule has 0 aliphatic carbocycles. The smallest absolute Gasteiger partial charge is 0.251 e. The zero-order valence-corrected chi connectivity index (χ0v) is 10.9. The van der Waals surface area contributed by atoms with Gasteiger partial charge < -0.3 is 15.6 Å². The van der Waals surface area contributed by atoms with Crippen LogP contribution in [0.5, 0.6) is 0 Å². The summed E-state index contributed by atoms with van der Waals surface area (Å²) in [5.74, 6) is 0.912. The molecule has 0 saturated heterocycles. The normalized spacial score (nSPS) is 10.2. The van der Waals surface area contributed by atoms with Crippen LogP contribution in [0, 0.1) is 0 Å². The zero-order valence-electron chi connectivity index (χ0n) is 10.9. The third-order valence-corrected chi connectivity index (χ3v) is 2.87. The third-order valence-electron chi connectivity index (χ3n) is 2.87. The molecule has 2 rings (SSSR count). The summed E-state index contributed by atoms with van der Waals surface area (Å²) in [6.45, 7) is 0.646. The number of hydrogen-bond acceptors (Lipinski definition) is 3. The highest BCUT2D eigenvalue weighted by Gasteiger charge is 2.04. The fourth-order valence-corrected chi connectivity index (χ4v) is 1.78. The summed E-state index contributed by atoms with van der Waals surface area (Å²) < 4.78 is 0. The first-order valence-electron chi connectivity index (χ1n) is 6.34. The summed E-state index contributed by atoms with van der Waals surface area (Å²) in [5.41, 5.74) is 1.67. The standard InChI is InChI=1S/C14H18N4O/c1-15-12-6-4-11(5-7-12)14(19)18-8-2-3-13-16-9-10-17-13/h4-7,9-10,15H,2-3,8H2,1H3,(H,16,17)(H,18,19). The van der Waals surface area contributed by atoms with E-state index in [1.807, 2.05) is 31.3 Å². The van der Waals surface area contributed by atoms with Crippen molar-refractivity contribution in [2.24, 2.45) is 0 Å². The second-order valence-corrected chi connectivity index (χ2v) is 4.22. The summed E-state index contributed by atoms with van der Waals surface area (Å²) in [6, 6.07) is 7.40. The molecule has 19 heavy (non-hydrogen) atoms. The maximum absolute atomic E-state index is 11.9. The molecule has 100 valence electrons. The van der Waals surface area contributed by atoms with E-state index in [-0.39, 0.29) is 5.91 Å². The Hall–Kier alpha value is -2.30. The van der Waals surface area contributed by atoms with Crippen molar-refractivity contribution in [2.45, 2.75) is 12.8 Å². The maximum Gasteiger partial charge on any atom is 0.251 e. The van der Waals surface area contributed by atoms with Gasteiger partial charge in [-0.25, -0.2) is 4.98 Å². The molecule has 0 fully saturated rings. The Kier molecular flexibility index (Phi) is 4.55. The Balaban J connectivity index is 1.74. The highest BCUT2D eigenvalue weighted by Crippen LogP contribution is 2.08. The molecule has 1 aromatic carbocycles. The van der Waals surface area contributed by atoms with Crippen LogP contribution in [0.15, 0.2) is 36.7 Å². The van der Waals surface area contributed by atoms with Gasteiger partial charge in [-0.05, 0) is 30.7 Å². The molecule has 0 bridgehead atoms. The van der Waals surface area contributed by atoms with Crippen LogP contribution in [0.25, 0.3) is 0 Å². The zero-order chi connectivity index (χ0) is 13.5. The minimum atomic E-state index is -0.0397. The number of hydrogen-bond donors (Lipinski definition) is 3. The van der Waals surface area contributed by atoms with Gasteiger partial charge in [-0.1, -0.05) is 0 Å². The molecule has 5 heteroatoms. The molecule has 0 spiro atoms. The van der Waals surface area contributed by atoms with Crippen molar-refractivity contribution in [1.29, 1.82) is 0 Å². The van der Waals surface area contributed by atoms with Crippen LogP contribution in [-0.2, 0) is 6.42 Å². The molecular weight excluding hydrogens is 240 g/mol. The molecule has 5 nitrogen and oxygen atoms in total. The molecule has 0 aliphatic rings. The van der Waals surface area contributed by atoms with Gasteiger partial charge >= 0.3 is 0 Å². The molecule has 3 N–H and O–H groups in total. The van der Waals surface area contributed by atoms with Crippen LogP contribution in [0.4, 0.5) is 5.69 Å². The van der Waals surface area contributed by atoms with E-state index in [4.69, 9.17) is 0 Å². The lowest BCUT2D eigenvalue weighted by Crippen LogP contribution is -2.24. The van der Waals surface area contributed by atoms with Crippen LogP contribution in [0.1, 0.15) is 22.6 Å². The Morgan fingerprint density at radius 1 is 1.32 bits per heavy atom. The van der Waals surface area contributed by atoms with Crippen molar-refractivity contribution in [3.8, 4) is 0 Å². The first kappa shape index (κ1) is 13.1. The molecule has 0 saturated carbocycles. The van der Waals surface area contributed by atoms with Crippen molar-refractivity contribution in [2.75, 3.05) is 18.9 Å². The summed E-state index contributed by atoms with van der Waals surface area (Å²) in [6.07, 6.45) is 5.24. The van der Waals surface area contributed by atoms with Gasteiger partial charge in [0.05, 0.1) is 0 Å². The van der Waals surface area contributed by atoms with Gasteiger partial charge in [-0.3, -0.25) is 4.79 Å². The number of H-pyrrole nitrogens is 1. The first-order chi connectivity index (χ1) is 9.29. The van der Waals surface area contributed by atoms with E-state index in [9.17, 15) is 4.79 Å². The van der Waals surface area contributed by atoms with Gasteiger partial charge in [-0.15, -0.1) is 0 Å². The molecule has 0 unspecified atom stereocenters. The van der Waals surface area contributed by atoms with E-state index in [2.05, 4.69) is 20.6 Å². The molecule has 1 amide bonds. The number of aromatic amines is 1. The van der Waals surface area contributed by atoms with Crippen LogP contribution in [0.2, 0.25) is 0 Å². The second-order valence-electron chi connectivity index (χ2n) is 4.22. The van der Waals surface area contributed by atoms with E-state index >= 15 is 0 Å². The quantitative estimate of drug-likeness (QED) is 0.692. The van der Waals surface area contributed by atoms with Gasteiger partial charge in [0.15, 0.2) is 0 Å². The van der Waals surface area contributed by atoms with Crippen molar-refractivity contribution >= 4 is 11.6 Å². The highest BCUT2D eigenvalue weighted by molar-refractivity contribution is 5.94. The Morgan fingerprint density at radius 2 is 2.11 bits per heavy atom. The highest BCUT2D eigenvalue weighted by atomic mass is 16.1. The number of amides is 1. The minimum absolute atomic E-state index is 0.0397. The minimum Gasteiger partial charge on any atom is -0.388 e. The molecular formula is C14H18N4O. The number of rotatable bonds is 6. The van der Waals surface area contributed by atoms with Gasteiger partial charge in [0.1, 0.15) is 5.82 Å². The fraction of sp³-hybridized carbons (Fsp3) is 0.286. The first-order valence-corrected chi connectivity index (χ1v) is 6.34. The topological polar surface area (TPSA) is 69.8 Å². The second kappa shape index (κ2) is 6.58. The Labute approximate surface area is 112 Å². The van der Waals surface area contributed by atoms with Gasteiger partial charge in [0, 0.05) is 43.7 Å². The van der Waals surface area contributed by atoms with E-state index in [0.717, 1.165) is 24.4 Å². The predicted octanol–water partition coefficient (Wildman–Crippen LogP) is 1.81. The predicted molar refractivity (Wildman–Crippen MR) is 75.2 cm³/mol. The monoisotopic (exact) mass is 258 g/mol. The molecule has 0 atom stereocenters. The van der Waals surface area contributed by atoms with Crippen LogP contribution in [-0.4, -0.2) is 29.5 Å². The maximum atomic E-state index is 11.9. The number of aryl methyl sites for hydroxylation is 1. The lowest BCUT2D eigenvalue weighted by Gasteiger charge is -2.05.